The Labute approximate surface area is 231 Å². The first-order chi connectivity index (χ1) is 18.1. The smallest absolute Gasteiger partial charge is 0.233 e. The highest BCUT2D eigenvalue weighted by Crippen LogP contribution is 2.74. The number of rotatable bonds is 1. The predicted octanol–water partition coefficient (Wildman–Crippen LogP) is 5.57. The maximum atomic E-state index is 14.5. The molecular weight excluding hydrogens is 490 g/mol. The van der Waals surface area contributed by atoms with Gasteiger partial charge in [0.15, 0.2) is 11.6 Å². The largest absolute Gasteiger partial charge is 0.382 e. The van der Waals surface area contributed by atoms with Crippen molar-refractivity contribution in [1.29, 1.82) is 5.26 Å². The lowest BCUT2D eigenvalue weighted by Gasteiger charge is -2.68. The van der Waals surface area contributed by atoms with Gasteiger partial charge in [-0.25, -0.2) is 0 Å². The highest BCUT2D eigenvalue weighted by Gasteiger charge is 2.71. The van der Waals surface area contributed by atoms with Gasteiger partial charge in [0.2, 0.25) is 11.7 Å². The van der Waals surface area contributed by atoms with E-state index in [1.165, 1.54) is 0 Å². The molecular formula is C32H41N3O4. The number of carbonyl (C=O) groups is 2. The first-order valence-electron chi connectivity index (χ1n) is 14.5. The molecule has 0 radical (unpaired) electrons. The van der Waals surface area contributed by atoms with E-state index >= 15 is 0 Å². The average molecular weight is 532 g/mol. The number of nitriles is 1. The molecule has 39 heavy (non-hydrogen) atoms. The zero-order chi connectivity index (χ0) is 28.4. The minimum Gasteiger partial charge on any atom is -0.382 e. The van der Waals surface area contributed by atoms with Crippen LogP contribution in [0.2, 0.25) is 0 Å². The van der Waals surface area contributed by atoms with Crippen LogP contribution in [0.4, 0.5) is 0 Å². The molecule has 3 unspecified atom stereocenters. The molecule has 0 saturated heterocycles. The van der Waals surface area contributed by atoms with Crippen molar-refractivity contribution in [3.63, 3.8) is 0 Å². The topological polar surface area (TPSA) is 117 Å². The van der Waals surface area contributed by atoms with E-state index in [0.29, 0.717) is 18.1 Å². The second kappa shape index (κ2) is 7.78. The van der Waals surface area contributed by atoms with Crippen molar-refractivity contribution in [3.8, 4) is 6.07 Å². The fourth-order valence-corrected chi connectivity index (χ4v) is 10.2. The van der Waals surface area contributed by atoms with Crippen LogP contribution in [0.1, 0.15) is 98.2 Å². The molecule has 7 nitrogen and oxygen atoms in total. The maximum Gasteiger partial charge on any atom is 0.233 e. The molecule has 8 atom stereocenters. The number of fused-ring (bicyclic) bond motifs is 7. The van der Waals surface area contributed by atoms with E-state index in [2.05, 4.69) is 32.9 Å². The summed E-state index contributed by atoms with van der Waals surface area (Å²) in [5.74, 6) is 0.424. The Kier molecular flexibility index (Phi) is 5.31. The number of carbonyl (C=O) groups excluding carboxylic acids is 2. The summed E-state index contributed by atoms with van der Waals surface area (Å²) < 4.78 is 5.87. The maximum absolute atomic E-state index is 14.5. The van der Waals surface area contributed by atoms with E-state index < -0.39 is 16.8 Å². The molecule has 1 aromatic rings. The summed E-state index contributed by atoms with van der Waals surface area (Å²) in [6.07, 6.45) is 9.67. The molecule has 3 saturated carbocycles. The Hall–Kier alpha value is -2.59. The van der Waals surface area contributed by atoms with Crippen LogP contribution in [0, 0.1) is 57.7 Å². The summed E-state index contributed by atoms with van der Waals surface area (Å²) in [4.78, 5) is 32.3. The van der Waals surface area contributed by atoms with Crippen LogP contribution in [-0.2, 0) is 15.0 Å². The minimum atomic E-state index is -1.65. The van der Waals surface area contributed by atoms with Crippen molar-refractivity contribution < 1.29 is 19.2 Å². The molecule has 0 aromatic carbocycles. The van der Waals surface area contributed by atoms with Gasteiger partial charge in [-0.3, -0.25) is 9.59 Å². The van der Waals surface area contributed by atoms with Crippen LogP contribution in [0.25, 0.3) is 0 Å². The Bertz CT molecular complexity index is 1390. The highest BCUT2D eigenvalue weighted by molar-refractivity contribution is 6.06. The number of allylic oxidation sites excluding steroid dienone is 3. The molecule has 5 aliphatic carbocycles. The van der Waals surface area contributed by atoms with Crippen LogP contribution in [-0.4, -0.2) is 32.4 Å². The highest BCUT2D eigenvalue weighted by atomic mass is 16.5. The van der Waals surface area contributed by atoms with Crippen molar-refractivity contribution in [1.82, 2.24) is 10.1 Å². The molecule has 208 valence electrons. The van der Waals surface area contributed by atoms with Gasteiger partial charge in [0, 0.05) is 17.3 Å². The fraction of sp³-hybridized carbons (Fsp3) is 0.719. The van der Waals surface area contributed by atoms with Crippen molar-refractivity contribution in [2.45, 2.75) is 104 Å². The quantitative estimate of drug-likeness (QED) is 0.503. The molecule has 7 heteroatoms. The lowest BCUT2D eigenvalue weighted by atomic mass is 9.34. The van der Waals surface area contributed by atoms with Gasteiger partial charge >= 0.3 is 0 Å². The Morgan fingerprint density at radius 2 is 1.74 bits per heavy atom. The lowest BCUT2D eigenvalue weighted by Crippen LogP contribution is -2.66. The van der Waals surface area contributed by atoms with Gasteiger partial charge in [0.05, 0.1) is 11.0 Å². The van der Waals surface area contributed by atoms with Crippen LogP contribution >= 0.6 is 0 Å². The van der Waals surface area contributed by atoms with E-state index in [1.54, 1.807) is 13.0 Å². The number of aliphatic hydroxyl groups is 1. The molecule has 5 aliphatic rings. The first-order valence-corrected chi connectivity index (χ1v) is 14.5. The Morgan fingerprint density at radius 3 is 2.38 bits per heavy atom. The van der Waals surface area contributed by atoms with Gasteiger partial charge in [-0.05, 0) is 87.0 Å². The normalized spacial score (nSPS) is 46.6. The van der Waals surface area contributed by atoms with E-state index in [0.717, 1.165) is 44.1 Å². The van der Waals surface area contributed by atoms with Gasteiger partial charge in [-0.2, -0.15) is 10.2 Å². The van der Waals surface area contributed by atoms with Gasteiger partial charge in [-0.1, -0.05) is 51.4 Å². The van der Waals surface area contributed by atoms with Crippen LogP contribution in [0.3, 0.4) is 0 Å². The molecule has 0 amide bonds. The standard InChI is InChI=1S/C32H41N3O4/c1-18-34-26(39-35-18)32-12-10-27(2,3)16-20(32)24-21(36)14-23-28(4)15-19(17-33)25(37)31(7,38)22(28)8-9-29(23,5)30(24,6)11-13-32/h14-15,20,22,24,38H,8-13,16H2,1-7H3/t20?,22?,24?,28-,29+,30+,31-,32-/m0/s1. The van der Waals surface area contributed by atoms with Crippen molar-refractivity contribution in [2.24, 2.45) is 39.4 Å². The number of ketones is 2. The number of aryl methyl sites for hydroxylation is 1. The van der Waals surface area contributed by atoms with Gasteiger partial charge in [0.25, 0.3) is 0 Å². The number of hydrogen-bond acceptors (Lipinski definition) is 7. The Morgan fingerprint density at radius 1 is 1.05 bits per heavy atom. The molecule has 6 rings (SSSR count). The summed E-state index contributed by atoms with van der Waals surface area (Å²) in [5.41, 5.74) is -2.31. The van der Waals surface area contributed by atoms with Gasteiger partial charge in [-0.15, -0.1) is 0 Å². The van der Waals surface area contributed by atoms with E-state index in [9.17, 15) is 20.0 Å². The summed E-state index contributed by atoms with van der Waals surface area (Å²) in [5, 5.41) is 25.4. The lowest BCUT2D eigenvalue weighted by molar-refractivity contribution is -0.167. The van der Waals surface area contributed by atoms with Crippen LogP contribution in [0.15, 0.2) is 27.8 Å². The molecule has 0 spiro atoms. The van der Waals surface area contributed by atoms with Gasteiger partial charge in [0.1, 0.15) is 11.7 Å². The van der Waals surface area contributed by atoms with E-state index in [4.69, 9.17) is 9.51 Å². The molecule has 0 aliphatic heterocycles. The van der Waals surface area contributed by atoms with Crippen LogP contribution < -0.4 is 0 Å². The summed E-state index contributed by atoms with van der Waals surface area (Å²) >= 11 is 0. The summed E-state index contributed by atoms with van der Waals surface area (Å²) in [6, 6.07) is 2.04. The molecule has 0 bridgehead atoms. The zero-order valence-corrected chi connectivity index (χ0v) is 24.4. The third-order valence-corrected chi connectivity index (χ3v) is 12.5. The number of hydrogen-bond donors (Lipinski definition) is 1. The van der Waals surface area contributed by atoms with Gasteiger partial charge < -0.3 is 9.63 Å². The van der Waals surface area contributed by atoms with Crippen molar-refractivity contribution in [2.75, 3.05) is 0 Å². The third-order valence-electron chi connectivity index (χ3n) is 12.5. The first kappa shape index (κ1) is 26.6. The molecule has 1 N–H and O–H groups in total. The number of nitrogens with zero attached hydrogens (tertiary/aromatic N) is 3. The van der Waals surface area contributed by atoms with Crippen molar-refractivity contribution >= 4 is 11.6 Å². The molecule has 3 fully saturated rings. The zero-order valence-electron chi connectivity index (χ0n) is 24.4. The Balaban J connectivity index is 1.54. The third kappa shape index (κ3) is 3.18. The monoisotopic (exact) mass is 531 g/mol. The minimum absolute atomic E-state index is 0.00733. The summed E-state index contributed by atoms with van der Waals surface area (Å²) in [6.45, 7) is 14.6. The summed E-state index contributed by atoms with van der Waals surface area (Å²) in [7, 11) is 0. The number of aromatic nitrogens is 2. The second-order valence-corrected chi connectivity index (χ2v) is 15.0. The second-order valence-electron chi connectivity index (χ2n) is 15.0. The number of Topliss-reactive ketones (excluding diaryl/α,β-unsaturated/α-hetero) is 1. The van der Waals surface area contributed by atoms with E-state index in [1.807, 2.05) is 26.0 Å². The fourth-order valence-electron chi connectivity index (χ4n) is 10.2. The average Bonchev–Trinajstić information content (AvgIpc) is 3.29. The predicted molar refractivity (Wildman–Crippen MR) is 144 cm³/mol. The van der Waals surface area contributed by atoms with E-state index in [-0.39, 0.29) is 50.8 Å². The van der Waals surface area contributed by atoms with Crippen molar-refractivity contribution in [3.05, 3.63) is 35.0 Å². The van der Waals surface area contributed by atoms with Crippen LogP contribution in [0.5, 0.6) is 0 Å². The molecule has 1 aromatic heterocycles. The molecule has 1 heterocycles. The SMILES string of the molecule is Cc1noc([C@]23CCC(C)(C)CC2C2C(=O)C=C4[C@@]5(C)C=C(C#N)C(=O)[C@@](C)(O)C5CC[C@@]4(C)[C@]2(C)CC3)n1.